The van der Waals surface area contributed by atoms with E-state index in [-0.39, 0.29) is 33.3 Å². The van der Waals surface area contributed by atoms with Crippen molar-refractivity contribution in [2.45, 2.75) is 11.4 Å². The van der Waals surface area contributed by atoms with Crippen LogP contribution in [0.2, 0.25) is 5.02 Å². The zero-order valence-corrected chi connectivity index (χ0v) is 17.0. The number of benzene rings is 2. The lowest BCUT2D eigenvalue weighted by Crippen LogP contribution is -2.40. The van der Waals surface area contributed by atoms with Crippen molar-refractivity contribution in [1.29, 1.82) is 0 Å². The second kappa shape index (κ2) is 7.92. The minimum atomic E-state index is -4.14. The molecule has 0 saturated heterocycles. The molecule has 1 aromatic heterocycles. The summed E-state index contributed by atoms with van der Waals surface area (Å²) in [5, 5.41) is 6.95. The first kappa shape index (κ1) is 20.1. The molecule has 0 unspecified atom stereocenters. The predicted molar refractivity (Wildman–Crippen MR) is 108 cm³/mol. The predicted octanol–water partition coefficient (Wildman–Crippen LogP) is 3.15. The second-order valence-corrected chi connectivity index (χ2v) is 8.66. The van der Waals surface area contributed by atoms with Crippen molar-refractivity contribution in [3.63, 3.8) is 0 Å². The standard InChI is InChI=1S/C20H15ClFN3O4S/c21-13-7-8-18-16(10-13)20(15-5-1-2-6-17(15)22)24-25(30(18,27)28)12-19(26)23-11-14-4-3-9-29-14/h1-10H,11-12H2,(H,23,26). The van der Waals surface area contributed by atoms with Crippen LogP contribution in [0, 0.1) is 5.82 Å². The largest absolute Gasteiger partial charge is 0.467 e. The van der Waals surface area contributed by atoms with Gasteiger partial charge in [0, 0.05) is 16.1 Å². The molecule has 154 valence electrons. The molecule has 7 nitrogen and oxygen atoms in total. The van der Waals surface area contributed by atoms with Gasteiger partial charge in [0.15, 0.2) is 0 Å². The lowest BCUT2D eigenvalue weighted by atomic mass is 10.0. The van der Waals surface area contributed by atoms with E-state index < -0.39 is 28.3 Å². The maximum Gasteiger partial charge on any atom is 0.280 e. The Morgan fingerprint density at radius 3 is 2.67 bits per heavy atom. The van der Waals surface area contributed by atoms with Gasteiger partial charge >= 0.3 is 0 Å². The third-order valence-electron chi connectivity index (χ3n) is 4.41. The van der Waals surface area contributed by atoms with Crippen molar-refractivity contribution >= 4 is 33.2 Å². The fourth-order valence-electron chi connectivity index (χ4n) is 3.00. The minimum Gasteiger partial charge on any atom is -0.467 e. The van der Waals surface area contributed by atoms with Crippen LogP contribution >= 0.6 is 11.6 Å². The van der Waals surface area contributed by atoms with Crippen LogP contribution in [0.5, 0.6) is 0 Å². The van der Waals surface area contributed by atoms with Crippen LogP contribution in [0.3, 0.4) is 0 Å². The monoisotopic (exact) mass is 447 g/mol. The Morgan fingerprint density at radius 2 is 1.93 bits per heavy atom. The maximum absolute atomic E-state index is 14.5. The number of carbonyl (C=O) groups is 1. The quantitative estimate of drug-likeness (QED) is 0.650. The van der Waals surface area contributed by atoms with Crippen LogP contribution in [0.1, 0.15) is 16.9 Å². The number of sulfonamides is 1. The van der Waals surface area contributed by atoms with E-state index >= 15 is 0 Å². The van der Waals surface area contributed by atoms with Crippen LogP contribution in [0.15, 0.2) is 75.3 Å². The van der Waals surface area contributed by atoms with Crippen molar-refractivity contribution in [3.8, 4) is 0 Å². The molecule has 0 spiro atoms. The average Bonchev–Trinajstić information content (AvgIpc) is 3.23. The van der Waals surface area contributed by atoms with E-state index in [0.717, 1.165) is 0 Å². The molecule has 30 heavy (non-hydrogen) atoms. The molecule has 4 rings (SSSR count). The number of halogens is 2. The Bertz CT molecular complexity index is 1240. The van der Waals surface area contributed by atoms with E-state index in [1.54, 1.807) is 18.2 Å². The van der Waals surface area contributed by atoms with Gasteiger partial charge in [-0.05, 0) is 42.5 Å². The number of carbonyl (C=O) groups excluding carboxylic acids is 1. The summed E-state index contributed by atoms with van der Waals surface area (Å²) in [4.78, 5) is 12.2. The minimum absolute atomic E-state index is 0.0688. The number of hydrogen-bond donors (Lipinski definition) is 1. The van der Waals surface area contributed by atoms with Crippen molar-refractivity contribution in [3.05, 3.63) is 88.6 Å². The number of hydrogen-bond acceptors (Lipinski definition) is 5. The molecule has 0 fully saturated rings. The fourth-order valence-corrected chi connectivity index (χ4v) is 4.54. The molecule has 2 aromatic carbocycles. The molecular formula is C20H15ClFN3O4S. The molecule has 1 amide bonds. The van der Waals surface area contributed by atoms with Gasteiger partial charge in [0.05, 0.1) is 17.7 Å². The summed E-state index contributed by atoms with van der Waals surface area (Å²) in [6, 6.07) is 13.3. The number of amides is 1. The highest BCUT2D eigenvalue weighted by Gasteiger charge is 2.35. The summed E-state index contributed by atoms with van der Waals surface area (Å²) in [7, 11) is -4.14. The Balaban J connectivity index is 1.71. The number of hydrazone groups is 1. The lowest BCUT2D eigenvalue weighted by Gasteiger charge is -2.27. The van der Waals surface area contributed by atoms with Crippen LogP contribution in [0.25, 0.3) is 0 Å². The number of rotatable bonds is 5. The zero-order valence-electron chi connectivity index (χ0n) is 15.4. The van der Waals surface area contributed by atoms with Crippen LogP contribution in [0.4, 0.5) is 4.39 Å². The fraction of sp³-hybridized carbons (Fsp3) is 0.100. The summed E-state index contributed by atoms with van der Waals surface area (Å²) in [5.74, 6) is -0.659. The molecule has 1 N–H and O–H groups in total. The van der Waals surface area contributed by atoms with Gasteiger partial charge in [-0.15, -0.1) is 0 Å². The smallest absolute Gasteiger partial charge is 0.280 e. The highest BCUT2D eigenvalue weighted by atomic mass is 35.5. The van der Waals surface area contributed by atoms with E-state index in [4.69, 9.17) is 16.0 Å². The topological polar surface area (TPSA) is 92.0 Å². The Hall–Kier alpha value is -3.17. The van der Waals surface area contributed by atoms with E-state index in [9.17, 15) is 17.6 Å². The highest BCUT2D eigenvalue weighted by molar-refractivity contribution is 7.89. The molecule has 0 saturated carbocycles. The lowest BCUT2D eigenvalue weighted by molar-refractivity contribution is -0.121. The van der Waals surface area contributed by atoms with E-state index in [1.807, 2.05) is 0 Å². The number of furan rings is 1. The van der Waals surface area contributed by atoms with Gasteiger partial charge in [0.1, 0.15) is 23.8 Å². The number of fused-ring (bicyclic) bond motifs is 1. The Kier molecular flexibility index (Phi) is 5.31. The van der Waals surface area contributed by atoms with Gasteiger partial charge < -0.3 is 9.73 Å². The van der Waals surface area contributed by atoms with E-state index in [1.165, 1.54) is 42.7 Å². The van der Waals surface area contributed by atoms with Gasteiger partial charge in [-0.3, -0.25) is 4.79 Å². The van der Waals surface area contributed by atoms with Gasteiger partial charge in [-0.2, -0.15) is 17.9 Å². The zero-order chi connectivity index (χ0) is 21.3. The van der Waals surface area contributed by atoms with Crippen molar-refractivity contribution in [2.75, 3.05) is 6.54 Å². The molecule has 0 atom stereocenters. The Morgan fingerprint density at radius 1 is 1.13 bits per heavy atom. The maximum atomic E-state index is 14.5. The summed E-state index contributed by atoms with van der Waals surface area (Å²) in [6.07, 6.45) is 1.46. The molecule has 3 aromatic rings. The summed E-state index contributed by atoms with van der Waals surface area (Å²) < 4.78 is 46.3. The third kappa shape index (κ3) is 3.81. The first-order valence-electron chi connectivity index (χ1n) is 8.81. The third-order valence-corrected chi connectivity index (χ3v) is 6.32. The average molecular weight is 448 g/mol. The second-order valence-electron chi connectivity index (χ2n) is 6.41. The van der Waals surface area contributed by atoms with Gasteiger partial charge in [0.25, 0.3) is 10.0 Å². The molecular weight excluding hydrogens is 433 g/mol. The molecule has 10 heteroatoms. The van der Waals surface area contributed by atoms with Gasteiger partial charge in [-0.1, -0.05) is 23.7 Å². The molecule has 0 radical (unpaired) electrons. The van der Waals surface area contributed by atoms with Crippen molar-refractivity contribution in [2.24, 2.45) is 5.10 Å². The van der Waals surface area contributed by atoms with Crippen LogP contribution < -0.4 is 5.32 Å². The molecule has 2 heterocycles. The van der Waals surface area contributed by atoms with Crippen LogP contribution in [-0.2, 0) is 21.4 Å². The normalized spacial score (nSPS) is 14.7. The van der Waals surface area contributed by atoms with E-state index in [2.05, 4.69) is 10.4 Å². The van der Waals surface area contributed by atoms with Crippen LogP contribution in [-0.4, -0.2) is 31.0 Å². The first-order valence-corrected chi connectivity index (χ1v) is 10.6. The van der Waals surface area contributed by atoms with Crippen molar-refractivity contribution < 1.29 is 22.0 Å². The van der Waals surface area contributed by atoms with Crippen molar-refractivity contribution in [1.82, 2.24) is 9.73 Å². The molecule has 0 bridgehead atoms. The number of nitrogens with zero attached hydrogens (tertiary/aromatic N) is 2. The first-order chi connectivity index (χ1) is 14.4. The Labute approximate surface area is 176 Å². The number of nitrogens with one attached hydrogen (secondary N) is 1. The highest BCUT2D eigenvalue weighted by Crippen LogP contribution is 2.31. The summed E-state index contributed by atoms with van der Waals surface area (Å²) in [5.41, 5.74) is 0.330. The van der Waals surface area contributed by atoms with Gasteiger partial charge in [-0.25, -0.2) is 4.39 Å². The SMILES string of the molecule is O=C(CN1N=C(c2ccccc2F)c2cc(Cl)ccc2S1(=O)=O)NCc1ccco1. The van der Waals surface area contributed by atoms with Gasteiger partial charge in [0.2, 0.25) is 5.91 Å². The molecule has 1 aliphatic rings. The summed E-state index contributed by atoms with van der Waals surface area (Å²) >= 11 is 6.04. The van der Waals surface area contributed by atoms with E-state index in [0.29, 0.717) is 10.2 Å². The summed E-state index contributed by atoms with van der Waals surface area (Å²) in [6.45, 7) is -0.487. The molecule has 0 aliphatic carbocycles. The molecule has 1 aliphatic heterocycles.